The maximum absolute atomic E-state index is 13.4. The van der Waals surface area contributed by atoms with Crippen molar-refractivity contribution in [3.63, 3.8) is 0 Å². The number of pyridine rings is 2. The van der Waals surface area contributed by atoms with Crippen LogP contribution < -0.4 is 15.4 Å². The second-order valence-corrected chi connectivity index (χ2v) is 5.90. The number of aliphatic imine (C=N–C) groups is 1. The highest BCUT2D eigenvalue weighted by molar-refractivity contribution is 14.0. The van der Waals surface area contributed by atoms with Gasteiger partial charge in [0.2, 0.25) is 5.88 Å². The van der Waals surface area contributed by atoms with Crippen molar-refractivity contribution in [2.24, 2.45) is 4.99 Å². The molecule has 2 N–H and O–H groups in total. The van der Waals surface area contributed by atoms with Crippen molar-refractivity contribution in [3.05, 3.63) is 84.1 Å². The summed E-state index contributed by atoms with van der Waals surface area (Å²) in [5.74, 6) is 1.09. The van der Waals surface area contributed by atoms with E-state index in [2.05, 4.69) is 25.6 Å². The third kappa shape index (κ3) is 7.30. The van der Waals surface area contributed by atoms with Crippen LogP contribution in [0.3, 0.4) is 0 Å². The number of nitrogens with zero attached hydrogens (tertiary/aromatic N) is 3. The third-order valence-electron chi connectivity index (χ3n) is 3.78. The van der Waals surface area contributed by atoms with Crippen LogP contribution in [0.4, 0.5) is 4.39 Å². The second kappa shape index (κ2) is 11.9. The number of hydrogen-bond acceptors (Lipinski definition) is 4. The van der Waals surface area contributed by atoms with Crippen molar-refractivity contribution in [1.82, 2.24) is 20.6 Å². The number of nitrogens with one attached hydrogen (secondary N) is 2. The number of guanidine groups is 1. The molecule has 0 fully saturated rings. The zero-order chi connectivity index (χ0) is 19.6. The Hall–Kier alpha value is -2.75. The Kier molecular flexibility index (Phi) is 9.29. The highest BCUT2D eigenvalue weighted by Crippen LogP contribution is 2.23. The minimum absolute atomic E-state index is 0. The van der Waals surface area contributed by atoms with Gasteiger partial charge in [0.05, 0.1) is 18.8 Å². The van der Waals surface area contributed by atoms with Gasteiger partial charge in [-0.05, 0) is 37.3 Å². The van der Waals surface area contributed by atoms with Crippen molar-refractivity contribution in [3.8, 4) is 11.6 Å². The molecule has 3 rings (SSSR count). The predicted molar refractivity (Wildman–Crippen MR) is 122 cm³/mol. The van der Waals surface area contributed by atoms with Crippen LogP contribution >= 0.6 is 24.0 Å². The van der Waals surface area contributed by atoms with E-state index in [-0.39, 0.29) is 29.8 Å². The largest absolute Gasteiger partial charge is 0.439 e. The van der Waals surface area contributed by atoms with Crippen LogP contribution in [-0.4, -0.2) is 22.5 Å². The summed E-state index contributed by atoms with van der Waals surface area (Å²) < 4.78 is 19.1. The fourth-order valence-electron chi connectivity index (χ4n) is 2.46. The average molecular weight is 507 g/mol. The van der Waals surface area contributed by atoms with Crippen LogP contribution in [-0.2, 0) is 13.1 Å². The molecule has 0 bridgehead atoms. The Morgan fingerprint density at radius 1 is 1.03 bits per heavy atom. The fourth-order valence-corrected chi connectivity index (χ4v) is 2.46. The van der Waals surface area contributed by atoms with Crippen molar-refractivity contribution >= 4 is 29.9 Å². The molecule has 0 saturated carbocycles. The summed E-state index contributed by atoms with van der Waals surface area (Å²) >= 11 is 0. The maximum atomic E-state index is 13.4. The molecule has 0 spiro atoms. The molecule has 29 heavy (non-hydrogen) atoms. The van der Waals surface area contributed by atoms with Crippen molar-refractivity contribution in [1.29, 1.82) is 0 Å². The van der Waals surface area contributed by atoms with Gasteiger partial charge in [-0.3, -0.25) is 4.98 Å². The van der Waals surface area contributed by atoms with Crippen molar-refractivity contribution in [2.45, 2.75) is 20.0 Å². The van der Waals surface area contributed by atoms with Crippen LogP contribution in [0, 0.1) is 5.82 Å². The first-order valence-corrected chi connectivity index (χ1v) is 9.04. The number of benzene rings is 1. The normalized spacial score (nSPS) is 10.8. The predicted octanol–water partition coefficient (Wildman–Crippen LogP) is 4.28. The smallest absolute Gasteiger partial charge is 0.224 e. The van der Waals surface area contributed by atoms with Gasteiger partial charge in [-0.15, -0.1) is 24.0 Å². The van der Waals surface area contributed by atoms with Gasteiger partial charge in [0, 0.05) is 30.6 Å². The number of halogens is 2. The molecule has 0 radical (unpaired) electrons. The van der Waals surface area contributed by atoms with E-state index in [1.165, 1.54) is 12.1 Å². The molecule has 0 saturated heterocycles. The van der Waals surface area contributed by atoms with E-state index in [9.17, 15) is 4.39 Å². The number of hydrogen-bond donors (Lipinski definition) is 2. The van der Waals surface area contributed by atoms with Gasteiger partial charge in [0.1, 0.15) is 11.6 Å². The molecule has 0 amide bonds. The van der Waals surface area contributed by atoms with Crippen LogP contribution in [0.5, 0.6) is 11.6 Å². The molecule has 0 unspecified atom stereocenters. The molecule has 0 atom stereocenters. The molecule has 1 aromatic carbocycles. The van der Waals surface area contributed by atoms with Crippen LogP contribution in [0.25, 0.3) is 0 Å². The Morgan fingerprint density at radius 3 is 2.66 bits per heavy atom. The minimum Gasteiger partial charge on any atom is -0.439 e. The number of aromatic nitrogens is 2. The van der Waals surface area contributed by atoms with Crippen LogP contribution in [0.15, 0.2) is 72.0 Å². The maximum Gasteiger partial charge on any atom is 0.224 e. The average Bonchev–Trinajstić information content (AvgIpc) is 2.72. The first-order chi connectivity index (χ1) is 13.7. The van der Waals surface area contributed by atoms with Crippen LogP contribution in [0.1, 0.15) is 18.2 Å². The number of ether oxygens (including phenoxy) is 1. The topological polar surface area (TPSA) is 71.4 Å². The molecular weight excluding hydrogens is 484 g/mol. The molecule has 3 aromatic rings. The molecule has 0 aliphatic rings. The number of rotatable bonds is 7. The fraction of sp³-hybridized carbons (Fsp3) is 0.190. The highest BCUT2D eigenvalue weighted by atomic mass is 127. The first-order valence-electron chi connectivity index (χ1n) is 9.04. The molecule has 6 nitrogen and oxygen atoms in total. The lowest BCUT2D eigenvalue weighted by Crippen LogP contribution is -2.37. The van der Waals surface area contributed by atoms with E-state index >= 15 is 0 Å². The quantitative estimate of drug-likeness (QED) is 0.284. The second-order valence-electron chi connectivity index (χ2n) is 5.90. The van der Waals surface area contributed by atoms with Gasteiger partial charge in [-0.1, -0.05) is 18.2 Å². The van der Waals surface area contributed by atoms with Gasteiger partial charge in [0.15, 0.2) is 5.96 Å². The van der Waals surface area contributed by atoms with E-state index in [1.807, 2.05) is 37.3 Å². The Labute approximate surface area is 186 Å². The lowest BCUT2D eigenvalue weighted by molar-refractivity contribution is 0.452. The molecule has 0 aliphatic heterocycles. The zero-order valence-electron chi connectivity index (χ0n) is 16.0. The monoisotopic (exact) mass is 507 g/mol. The van der Waals surface area contributed by atoms with Gasteiger partial charge >= 0.3 is 0 Å². The third-order valence-corrected chi connectivity index (χ3v) is 3.78. The van der Waals surface area contributed by atoms with E-state index < -0.39 is 0 Å². The van der Waals surface area contributed by atoms with E-state index in [4.69, 9.17) is 4.74 Å². The molecule has 2 aromatic heterocycles. The SMILES string of the molecule is CCNC(=NCc1cccnc1Oc1cccc(F)c1)NCc1ccccn1.I. The van der Waals surface area contributed by atoms with Crippen LogP contribution in [0.2, 0.25) is 0 Å². The lowest BCUT2D eigenvalue weighted by Gasteiger charge is -2.12. The van der Waals surface area contributed by atoms with E-state index in [1.54, 1.807) is 24.5 Å². The first kappa shape index (κ1) is 22.5. The molecule has 0 aliphatic carbocycles. The summed E-state index contributed by atoms with van der Waals surface area (Å²) in [4.78, 5) is 13.1. The van der Waals surface area contributed by atoms with Gasteiger partial charge in [-0.25, -0.2) is 14.4 Å². The zero-order valence-corrected chi connectivity index (χ0v) is 18.3. The van der Waals surface area contributed by atoms with E-state index in [0.29, 0.717) is 30.7 Å². The summed E-state index contributed by atoms with van der Waals surface area (Å²) in [6.07, 6.45) is 3.39. The van der Waals surface area contributed by atoms with Gasteiger partial charge in [-0.2, -0.15) is 0 Å². The summed E-state index contributed by atoms with van der Waals surface area (Å²) in [6, 6.07) is 15.4. The van der Waals surface area contributed by atoms with Gasteiger partial charge < -0.3 is 15.4 Å². The van der Waals surface area contributed by atoms with Crippen molar-refractivity contribution in [2.75, 3.05) is 6.54 Å². The molecular formula is C21H23FIN5O. The molecule has 152 valence electrons. The Bertz CT molecular complexity index is 924. The molecule has 8 heteroatoms. The molecule has 2 heterocycles. The van der Waals surface area contributed by atoms with Gasteiger partial charge in [0.25, 0.3) is 0 Å². The highest BCUT2D eigenvalue weighted by Gasteiger charge is 2.07. The summed E-state index contributed by atoms with van der Waals surface area (Å²) in [6.45, 7) is 3.65. The van der Waals surface area contributed by atoms with E-state index in [0.717, 1.165) is 17.8 Å². The summed E-state index contributed by atoms with van der Waals surface area (Å²) in [5.41, 5.74) is 1.71. The Morgan fingerprint density at radius 2 is 1.90 bits per heavy atom. The summed E-state index contributed by atoms with van der Waals surface area (Å²) in [7, 11) is 0. The van der Waals surface area contributed by atoms with Crippen molar-refractivity contribution < 1.29 is 9.13 Å². The standard InChI is InChI=1S/C21H22FN5O.HI/c1-2-23-21(27-15-18-9-3-4-11-24-18)26-14-16-7-6-12-25-20(16)28-19-10-5-8-17(22)13-19;/h3-13H,2,14-15H2,1H3,(H2,23,26,27);1H. The minimum atomic E-state index is -0.360. The Balaban J connectivity index is 0.00000300. The summed E-state index contributed by atoms with van der Waals surface area (Å²) in [5, 5.41) is 6.45. The lowest BCUT2D eigenvalue weighted by atomic mass is 10.2.